The Labute approximate surface area is 159 Å². The van der Waals surface area contributed by atoms with Crippen LogP contribution in [0.25, 0.3) is 0 Å². The van der Waals surface area contributed by atoms with Crippen molar-refractivity contribution in [1.29, 1.82) is 0 Å². The van der Waals surface area contributed by atoms with E-state index in [9.17, 15) is 4.79 Å². The number of methoxy groups -OCH3 is 1. The average Bonchev–Trinajstić information content (AvgIpc) is 3.00. The van der Waals surface area contributed by atoms with Gasteiger partial charge in [-0.1, -0.05) is 19.9 Å². The van der Waals surface area contributed by atoms with Crippen molar-refractivity contribution < 1.29 is 14.3 Å². The number of benzene rings is 1. The molecule has 5 nitrogen and oxygen atoms in total. The van der Waals surface area contributed by atoms with Gasteiger partial charge in [-0.05, 0) is 50.8 Å². The van der Waals surface area contributed by atoms with Crippen LogP contribution in [0, 0.1) is 6.92 Å². The number of carbonyl (C=O) groups is 1. The molecule has 0 bridgehead atoms. The molecule has 1 heterocycles. The molecule has 0 saturated heterocycles. The molecular weight excluding hydrogens is 348 g/mol. The van der Waals surface area contributed by atoms with Gasteiger partial charge < -0.3 is 14.8 Å². The zero-order valence-corrected chi connectivity index (χ0v) is 17.0. The lowest BCUT2D eigenvalue weighted by Gasteiger charge is -2.17. The van der Waals surface area contributed by atoms with E-state index in [4.69, 9.17) is 9.47 Å². The van der Waals surface area contributed by atoms with E-state index >= 15 is 0 Å². The molecule has 1 N–H and O–H groups in total. The SMILES string of the molecule is CCCOc1ccc(C(C)NC(=O)c2sc(CCC)nc2C)cc1OC. The third kappa shape index (κ3) is 4.97. The molecule has 1 amide bonds. The lowest BCUT2D eigenvalue weighted by Crippen LogP contribution is -2.26. The maximum absolute atomic E-state index is 12.6. The summed E-state index contributed by atoms with van der Waals surface area (Å²) in [6.07, 6.45) is 2.87. The lowest BCUT2D eigenvalue weighted by molar-refractivity contribution is 0.0943. The van der Waals surface area contributed by atoms with Crippen LogP contribution in [-0.2, 0) is 6.42 Å². The number of nitrogens with zero attached hydrogens (tertiary/aromatic N) is 1. The minimum atomic E-state index is -0.146. The van der Waals surface area contributed by atoms with Crippen molar-refractivity contribution >= 4 is 17.2 Å². The molecule has 1 aromatic heterocycles. The number of nitrogens with one attached hydrogen (secondary N) is 1. The summed E-state index contributed by atoms with van der Waals surface area (Å²) >= 11 is 1.48. The zero-order valence-electron chi connectivity index (χ0n) is 16.2. The number of ether oxygens (including phenoxy) is 2. The summed E-state index contributed by atoms with van der Waals surface area (Å²) in [6.45, 7) is 8.67. The van der Waals surface area contributed by atoms with Crippen LogP contribution in [-0.4, -0.2) is 24.6 Å². The maximum atomic E-state index is 12.6. The lowest BCUT2D eigenvalue weighted by atomic mass is 10.1. The van der Waals surface area contributed by atoms with Gasteiger partial charge in [0.05, 0.1) is 30.5 Å². The van der Waals surface area contributed by atoms with E-state index < -0.39 is 0 Å². The van der Waals surface area contributed by atoms with E-state index in [1.165, 1.54) is 11.3 Å². The molecule has 1 unspecified atom stereocenters. The summed E-state index contributed by atoms with van der Waals surface area (Å²) in [5.41, 5.74) is 1.76. The van der Waals surface area contributed by atoms with Crippen molar-refractivity contribution in [3.05, 3.63) is 39.3 Å². The Morgan fingerprint density at radius 1 is 1.27 bits per heavy atom. The highest BCUT2D eigenvalue weighted by atomic mass is 32.1. The van der Waals surface area contributed by atoms with Crippen molar-refractivity contribution in [2.45, 2.75) is 53.0 Å². The van der Waals surface area contributed by atoms with Crippen LogP contribution in [0.4, 0.5) is 0 Å². The Morgan fingerprint density at radius 3 is 2.69 bits per heavy atom. The summed E-state index contributed by atoms with van der Waals surface area (Å²) < 4.78 is 11.1. The van der Waals surface area contributed by atoms with Gasteiger partial charge in [0.1, 0.15) is 4.88 Å². The summed E-state index contributed by atoms with van der Waals surface area (Å²) in [5, 5.41) is 4.07. The van der Waals surface area contributed by atoms with Gasteiger partial charge in [-0.15, -0.1) is 11.3 Å². The van der Waals surface area contributed by atoms with Crippen LogP contribution in [0.15, 0.2) is 18.2 Å². The highest BCUT2D eigenvalue weighted by molar-refractivity contribution is 7.13. The summed E-state index contributed by atoms with van der Waals surface area (Å²) in [7, 11) is 1.62. The first-order valence-corrected chi connectivity index (χ1v) is 9.89. The first-order valence-electron chi connectivity index (χ1n) is 9.08. The number of hydrogen-bond acceptors (Lipinski definition) is 5. The molecule has 6 heteroatoms. The second-order valence-corrected chi connectivity index (χ2v) is 7.31. The molecule has 1 aromatic carbocycles. The van der Waals surface area contributed by atoms with Gasteiger partial charge >= 0.3 is 0 Å². The minimum Gasteiger partial charge on any atom is -0.493 e. The van der Waals surface area contributed by atoms with E-state index in [-0.39, 0.29) is 11.9 Å². The van der Waals surface area contributed by atoms with Crippen molar-refractivity contribution in [3.8, 4) is 11.5 Å². The van der Waals surface area contributed by atoms with Crippen LogP contribution < -0.4 is 14.8 Å². The summed E-state index contributed by atoms with van der Waals surface area (Å²) in [5.74, 6) is 1.32. The molecule has 2 aromatic rings. The number of aryl methyl sites for hydroxylation is 2. The van der Waals surface area contributed by atoms with Gasteiger partial charge in [-0.3, -0.25) is 4.79 Å². The Hall–Kier alpha value is -2.08. The molecule has 142 valence electrons. The number of carbonyl (C=O) groups excluding carboxylic acids is 1. The van der Waals surface area contributed by atoms with Gasteiger partial charge in [-0.25, -0.2) is 4.98 Å². The number of aromatic nitrogens is 1. The number of rotatable bonds is 9. The normalized spacial score (nSPS) is 11.9. The quantitative estimate of drug-likeness (QED) is 0.689. The maximum Gasteiger partial charge on any atom is 0.263 e. The minimum absolute atomic E-state index is 0.0832. The molecular formula is C20H28N2O3S. The number of hydrogen-bond donors (Lipinski definition) is 1. The largest absolute Gasteiger partial charge is 0.493 e. The van der Waals surface area contributed by atoms with E-state index in [0.717, 1.165) is 41.3 Å². The fraction of sp³-hybridized carbons (Fsp3) is 0.500. The second-order valence-electron chi connectivity index (χ2n) is 6.23. The smallest absolute Gasteiger partial charge is 0.263 e. The van der Waals surface area contributed by atoms with Crippen molar-refractivity contribution in [2.75, 3.05) is 13.7 Å². The third-order valence-corrected chi connectivity index (χ3v) is 5.22. The molecule has 0 spiro atoms. The molecule has 0 fully saturated rings. The summed E-state index contributed by atoms with van der Waals surface area (Å²) in [6, 6.07) is 5.62. The predicted molar refractivity (Wildman–Crippen MR) is 106 cm³/mol. The number of thiazole rings is 1. The van der Waals surface area contributed by atoms with Crippen molar-refractivity contribution in [2.24, 2.45) is 0 Å². The fourth-order valence-corrected chi connectivity index (χ4v) is 3.68. The van der Waals surface area contributed by atoms with E-state index in [1.54, 1.807) is 7.11 Å². The van der Waals surface area contributed by atoms with Crippen LogP contribution in [0.2, 0.25) is 0 Å². The van der Waals surface area contributed by atoms with Crippen LogP contribution in [0.3, 0.4) is 0 Å². The molecule has 2 rings (SSSR count). The Balaban J connectivity index is 2.11. The first-order chi connectivity index (χ1) is 12.5. The number of amides is 1. The topological polar surface area (TPSA) is 60.5 Å². The van der Waals surface area contributed by atoms with Gasteiger partial charge in [0.2, 0.25) is 0 Å². The van der Waals surface area contributed by atoms with Crippen LogP contribution >= 0.6 is 11.3 Å². The highest BCUT2D eigenvalue weighted by Crippen LogP contribution is 2.30. The van der Waals surface area contributed by atoms with Crippen LogP contribution in [0.1, 0.15) is 65.6 Å². The standard InChI is InChI=1S/C20H28N2O3S/c1-6-8-18-21-14(4)19(26-18)20(23)22-13(3)15-9-10-16(25-11-7-2)17(12-15)24-5/h9-10,12-13H,6-8,11H2,1-5H3,(H,22,23). The van der Waals surface area contributed by atoms with E-state index in [1.807, 2.05) is 32.0 Å². The summed E-state index contributed by atoms with van der Waals surface area (Å²) in [4.78, 5) is 17.8. The monoisotopic (exact) mass is 376 g/mol. The van der Waals surface area contributed by atoms with Crippen molar-refractivity contribution in [1.82, 2.24) is 10.3 Å². The molecule has 0 aliphatic heterocycles. The molecule has 0 saturated carbocycles. The molecule has 1 atom stereocenters. The Morgan fingerprint density at radius 2 is 2.04 bits per heavy atom. The van der Waals surface area contributed by atoms with Gasteiger partial charge in [-0.2, -0.15) is 0 Å². The van der Waals surface area contributed by atoms with Crippen LogP contribution in [0.5, 0.6) is 11.5 Å². The zero-order chi connectivity index (χ0) is 19.1. The van der Waals surface area contributed by atoms with Crippen molar-refractivity contribution in [3.63, 3.8) is 0 Å². The highest BCUT2D eigenvalue weighted by Gasteiger charge is 2.18. The van der Waals surface area contributed by atoms with E-state index in [0.29, 0.717) is 17.2 Å². The second kappa shape index (κ2) is 9.57. The molecule has 26 heavy (non-hydrogen) atoms. The molecule has 0 radical (unpaired) electrons. The van der Waals surface area contributed by atoms with Gasteiger partial charge in [0, 0.05) is 0 Å². The fourth-order valence-electron chi connectivity index (χ4n) is 2.61. The Kier molecular flexibility index (Phi) is 7.45. The van der Waals surface area contributed by atoms with E-state index in [2.05, 4.69) is 24.1 Å². The average molecular weight is 377 g/mol. The molecule has 0 aliphatic rings. The van der Waals surface area contributed by atoms with Gasteiger partial charge in [0.25, 0.3) is 5.91 Å². The predicted octanol–water partition coefficient (Wildman–Crippen LogP) is 4.69. The Bertz CT molecular complexity index is 743. The molecule has 0 aliphatic carbocycles. The first kappa shape index (κ1) is 20.2. The third-order valence-electron chi connectivity index (χ3n) is 4.01. The van der Waals surface area contributed by atoms with Gasteiger partial charge in [0.15, 0.2) is 11.5 Å².